The number of likely N-dealkylation sites (N-methyl/N-ethyl adjacent to an activating group) is 1. The van der Waals surface area contributed by atoms with Crippen molar-refractivity contribution >= 4 is 11.8 Å². The van der Waals surface area contributed by atoms with E-state index in [0.29, 0.717) is 19.5 Å². The summed E-state index contributed by atoms with van der Waals surface area (Å²) in [6.07, 6.45) is 2.83. The number of rotatable bonds is 7. The summed E-state index contributed by atoms with van der Waals surface area (Å²) in [5, 5.41) is 13.1. The highest BCUT2D eigenvalue weighted by Crippen LogP contribution is 2.38. The second-order valence-corrected chi connectivity index (χ2v) is 8.35. The number of aliphatic hydroxyl groups is 1. The van der Waals surface area contributed by atoms with Crippen LogP contribution in [0.25, 0.3) is 0 Å². The number of amides is 2. The van der Waals surface area contributed by atoms with E-state index < -0.39 is 12.3 Å². The highest BCUT2D eigenvalue weighted by molar-refractivity contribution is 6.00. The van der Waals surface area contributed by atoms with Crippen LogP contribution in [0, 0.1) is 0 Å². The van der Waals surface area contributed by atoms with E-state index in [4.69, 9.17) is 4.74 Å². The number of aliphatic hydroxyl groups excluding tert-OH is 1. The lowest BCUT2D eigenvalue weighted by atomic mass is 10.0. The predicted molar refractivity (Wildman–Crippen MR) is 108 cm³/mol. The number of piperidine rings is 1. The Bertz CT molecular complexity index is 805. The Morgan fingerprint density at radius 3 is 2.87 bits per heavy atom. The van der Waals surface area contributed by atoms with Crippen molar-refractivity contribution in [2.24, 2.45) is 0 Å². The van der Waals surface area contributed by atoms with E-state index in [-0.39, 0.29) is 37.1 Å². The number of fused-ring (bicyclic) bond motifs is 1. The van der Waals surface area contributed by atoms with Crippen LogP contribution in [-0.2, 0) is 16.1 Å². The minimum atomic E-state index is -0.877. The van der Waals surface area contributed by atoms with Gasteiger partial charge in [-0.25, -0.2) is 4.39 Å². The summed E-state index contributed by atoms with van der Waals surface area (Å²) in [6, 6.07) is 5.34. The minimum Gasteiger partial charge on any atom is -0.489 e. The quantitative estimate of drug-likeness (QED) is 0.657. The van der Waals surface area contributed by atoms with Gasteiger partial charge in [0, 0.05) is 31.1 Å². The van der Waals surface area contributed by atoms with Crippen molar-refractivity contribution in [1.29, 1.82) is 0 Å². The summed E-state index contributed by atoms with van der Waals surface area (Å²) in [6.45, 7) is 3.34. The summed E-state index contributed by atoms with van der Waals surface area (Å²) in [7, 11) is 0. The molecule has 2 unspecified atom stereocenters. The number of benzene rings is 1. The van der Waals surface area contributed by atoms with Crippen molar-refractivity contribution in [3.63, 3.8) is 0 Å². The van der Waals surface area contributed by atoms with Gasteiger partial charge >= 0.3 is 0 Å². The van der Waals surface area contributed by atoms with Crippen LogP contribution in [-0.4, -0.2) is 64.7 Å². The molecule has 2 fully saturated rings. The molecule has 30 heavy (non-hydrogen) atoms. The number of hydrogen-bond acceptors (Lipinski definition) is 6. The zero-order valence-electron chi connectivity index (χ0n) is 17.3. The molecular formula is C22H30FN3O4. The van der Waals surface area contributed by atoms with Gasteiger partial charge < -0.3 is 9.84 Å². The van der Waals surface area contributed by atoms with Crippen LogP contribution in [0.15, 0.2) is 18.2 Å². The van der Waals surface area contributed by atoms with Gasteiger partial charge in [0.05, 0.1) is 6.04 Å². The molecule has 164 valence electrons. The third-order valence-corrected chi connectivity index (χ3v) is 6.62. The molecule has 0 aromatic heterocycles. The SMILES string of the molecule is CCN(CCF)[C@H]1CCC[C@@H]1Oc1ccc2c(c1)CN(C1CCC(=O)NC1=O)C2O. The van der Waals surface area contributed by atoms with Crippen LogP contribution < -0.4 is 10.1 Å². The fraction of sp³-hybridized carbons (Fsp3) is 0.636. The van der Waals surface area contributed by atoms with Gasteiger partial charge in [-0.1, -0.05) is 13.0 Å². The topological polar surface area (TPSA) is 82.1 Å². The van der Waals surface area contributed by atoms with E-state index in [1.807, 2.05) is 25.1 Å². The summed E-state index contributed by atoms with van der Waals surface area (Å²) in [5.41, 5.74) is 1.69. The molecule has 3 aliphatic rings. The Balaban J connectivity index is 1.46. The lowest BCUT2D eigenvalue weighted by molar-refractivity contribution is -0.141. The van der Waals surface area contributed by atoms with Gasteiger partial charge in [0.2, 0.25) is 11.8 Å². The number of hydrogen-bond donors (Lipinski definition) is 2. The smallest absolute Gasteiger partial charge is 0.244 e. The maximum Gasteiger partial charge on any atom is 0.244 e. The lowest BCUT2D eigenvalue weighted by Gasteiger charge is -2.31. The molecule has 1 aromatic rings. The van der Waals surface area contributed by atoms with Gasteiger partial charge in [-0.15, -0.1) is 0 Å². The first-order valence-corrected chi connectivity index (χ1v) is 10.9. The van der Waals surface area contributed by atoms with Crippen LogP contribution in [0.2, 0.25) is 0 Å². The summed E-state index contributed by atoms with van der Waals surface area (Å²) in [5.74, 6) is 0.119. The van der Waals surface area contributed by atoms with E-state index >= 15 is 0 Å². The molecule has 2 amide bonds. The number of nitrogens with one attached hydrogen (secondary N) is 1. The third kappa shape index (κ3) is 4.08. The first-order chi connectivity index (χ1) is 14.5. The molecule has 7 nitrogen and oxygen atoms in total. The van der Waals surface area contributed by atoms with Gasteiger partial charge in [-0.2, -0.15) is 0 Å². The number of alkyl halides is 1. The molecule has 1 saturated heterocycles. The van der Waals surface area contributed by atoms with E-state index in [9.17, 15) is 19.1 Å². The monoisotopic (exact) mass is 419 g/mol. The molecular weight excluding hydrogens is 389 g/mol. The zero-order chi connectivity index (χ0) is 21.3. The van der Waals surface area contributed by atoms with Crippen molar-refractivity contribution < 1.29 is 23.8 Å². The zero-order valence-corrected chi connectivity index (χ0v) is 17.3. The Morgan fingerprint density at radius 2 is 2.13 bits per heavy atom. The number of carbonyl (C=O) groups excluding carboxylic acids is 2. The summed E-state index contributed by atoms with van der Waals surface area (Å²) >= 11 is 0. The number of nitrogens with zero attached hydrogens (tertiary/aromatic N) is 2. The Labute approximate surface area is 176 Å². The Kier molecular flexibility index (Phi) is 6.36. The summed E-state index contributed by atoms with van der Waals surface area (Å²) < 4.78 is 19.2. The number of halogens is 1. The fourth-order valence-corrected chi connectivity index (χ4v) is 5.09. The molecule has 1 saturated carbocycles. The van der Waals surface area contributed by atoms with Crippen molar-refractivity contribution in [3.05, 3.63) is 29.3 Å². The van der Waals surface area contributed by atoms with Crippen molar-refractivity contribution in [1.82, 2.24) is 15.1 Å². The molecule has 0 bridgehead atoms. The average molecular weight is 419 g/mol. The second-order valence-electron chi connectivity index (χ2n) is 8.35. The maximum absolute atomic E-state index is 12.9. The molecule has 0 spiro atoms. The van der Waals surface area contributed by atoms with Gasteiger partial charge in [0.25, 0.3) is 0 Å². The predicted octanol–water partition coefficient (Wildman–Crippen LogP) is 1.89. The molecule has 2 heterocycles. The Hall–Kier alpha value is -2.03. The third-order valence-electron chi connectivity index (χ3n) is 6.62. The van der Waals surface area contributed by atoms with Crippen molar-refractivity contribution in [3.8, 4) is 5.75 Å². The lowest BCUT2D eigenvalue weighted by Crippen LogP contribution is -2.51. The van der Waals surface area contributed by atoms with E-state index in [0.717, 1.165) is 42.7 Å². The molecule has 4 rings (SSSR count). The van der Waals surface area contributed by atoms with Crippen LogP contribution >= 0.6 is 0 Å². The van der Waals surface area contributed by atoms with Crippen molar-refractivity contribution in [2.45, 2.75) is 70.0 Å². The highest BCUT2D eigenvalue weighted by atomic mass is 19.1. The van der Waals surface area contributed by atoms with Crippen LogP contribution in [0.1, 0.15) is 56.4 Å². The van der Waals surface area contributed by atoms with Crippen LogP contribution in [0.3, 0.4) is 0 Å². The van der Waals surface area contributed by atoms with Crippen LogP contribution in [0.4, 0.5) is 4.39 Å². The molecule has 0 radical (unpaired) electrons. The molecule has 4 atom stereocenters. The van der Waals surface area contributed by atoms with Gasteiger partial charge in [0.15, 0.2) is 0 Å². The first-order valence-electron chi connectivity index (χ1n) is 10.9. The Morgan fingerprint density at radius 1 is 1.30 bits per heavy atom. The number of carbonyl (C=O) groups is 2. The first kappa shape index (κ1) is 21.2. The molecule has 1 aliphatic carbocycles. The maximum atomic E-state index is 12.9. The van der Waals surface area contributed by atoms with E-state index in [1.165, 1.54) is 0 Å². The standard InChI is InChI=1S/C22H30FN3O4/c1-2-25(11-10-23)17-4-3-5-19(17)30-15-6-7-16-14(12-15)13-26(22(16)29)18-8-9-20(27)24-21(18)28/h6-7,12,17-19,22,29H,2-5,8-11,13H2,1H3,(H,24,27,28)/t17-,18?,19-,22?/m0/s1. The molecule has 2 N–H and O–H groups in total. The molecule has 1 aromatic carbocycles. The van der Waals surface area contributed by atoms with Gasteiger partial charge in [-0.3, -0.25) is 24.7 Å². The van der Waals surface area contributed by atoms with Gasteiger partial charge in [0.1, 0.15) is 24.8 Å². The number of ether oxygens (including phenoxy) is 1. The van der Waals surface area contributed by atoms with E-state index in [1.54, 1.807) is 4.90 Å². The normalized spacial score (nSPS) is 29.3. The molecule has 8 heteroatoms. The summed E-state index contributed by atoms with van der Waals surface area (Å²) in [4.78, 5) is 27.5. The minimum absolute atomic E-state index is 0.0205. The average Bonchev–Trinajstić information content (AvgIpc) is 3.30. The number of imide groups is 1. The largest absolute Gasteiger partial charge is 0.489 e. The molecule has 2 aliphatic heterocycles. The van der Waals surface area contributed by atoms with Gasteiger partial charge in [-0.05, 0) is 49.9 Å². The second kappa shape index (κ2) is 8.99. The highest BCUT2D eigenvalue weighted by Gasteiger charge is 2.40. The van der Waals surface area contributed by atoms with E-state index in [2.05, 4.69) is 10.2 Å². The fourth-order valence-electron chi connectivity index (χ4n) is 5.09. The van der Waals surface area contributed by atoms with Crippen molar-refractivity contribution in [2.75, 3.05) is 19.8 Å². The van der Waals surface area contributed by atoms with Crippen LogP contribution in [0.5, 0.6) is 5.75 Å².